The molecule has 0 aliphatic carbocycles. The summed E-state index contributed by atoms with van der Waals surface area (Å²) < 4.78 is 6.28. The number of hydrogen-bond donors (Lipinski definition) is 0. The molecule has 0 saturated carbocycles. The second kappa shape index (κ2) is 19.4. The van der Waals surface area contributed by atoms with Crippen LogP contribution in [-0.4, -0.2) is 18.4 Å². The van der Waals surface area contributed by atoms with Crippen LogP contribution in [0.25, 0.3) is 0 Å². The van der Waals surface area contributed by atoms with Gasteiger partial charge in [-0.3, -0.25) is 0 Å². The molecule has 240 valence electrons. The third-order valence-corrected chi connectivity index (χ3v) is 23.5. The quantitative estimate of drug-likeness (QED) is 0.0634. The molecule has 0 heterocycles. The van der Waals surface area contributed by atoms with Gasteiger partial charge in [0.15, 0.2) is 0 Å². The molecule has 0 N–H and O–H groups in total. The summed E-state index contributed by atoms with van der Waals surface area (Å²) in [5.74, 6) is 0. The summed E-state index contributed by atoms with van der Waals surface area (Å²) in [5, 5.41) is 0. The summed E-state index contributed by atoms with van der Waals surface area (Å²) in [7, 11) is 0. The van der Waals surface area contributed by atoms with Gasteiger partial charge in [-0.1, -0.05) is 0 Å². The van der Waals surface area contributed by atoms with E-state index in [1.807, 2.05) is 0 Å². The van der Waals surface area contributed by atoms with Crippen LogP contribution in [0.4, 0.5) is 0 Å². The molecular weight excluding hydrogens is 647 g/mol. The molecule has 4 aromatic rings. The van der Waals surface area contributed by atoms with Gasteiger partial charge in [0.05, 0.1) is 0 Å². The number of hydrogen-bond acceptors (Lipinski definition) is 0. The van der Waals surface area contributed by atoms with Gasteiger partial charge in [-0.2, -0.15) is 0 Å². The van der Waals surface area contributed by atoms with Crippen LogP contribution in [0.15, 0.2) is 97.1 Å². The fourth-order valence-electron chi connectivity index (χ4n) is 7.00. The normalized spacial score (nSPS) is 11.6. The van der Waals surface area contributed by atoms with Crippen LogP contribution in [0, 0.1) is 0 Å². The zero-order chi connectivity index (χ0) is 31.7. The van der Waals surface area contributed by atoms with E-state index in [0.717, 1.165) is 0 Å². The van der Waals surface area contributed by atoms with Crippen LogP contribution in [0.3, 0.4) is 0 Å². The van der Waals surface area contributed by atoms with Crippen molar-refractivity contribution in [3.8, 4) is 0 Å². The molecule has 0 bridgehead atoms. The molecule has 0 aromatic heterocycles. The monoisotopic (exact) mass is 708 g/mol. The summed E-state index contributed by atoms with van der Waals surface area (Å²) >= 11 is -3.65. The first kappa shape index (κ1) is 35.5. The van der Waals surface area contributed by atoms with Crippen LogP contribution < -0.4 is 14.3 Å². The molecule has 0 spiro atoms. The van der Waals surface area contributed by atoms with Crippen molar-refractivity contribution in [2.24, 2.45) is 0 Å². The van der Waals surface area contributed by atoms with Crippen molar-refractivity contribution in [1.82, 2.24) is 0 Å². The number of aryl methyl sites for hydroxylation is 4. The molecule has 0 amide bonds. The summed E-state index contributed by atoms with van der Waals surface area (Å²) in [6, 6.07) is 39.8. The maximum atomic E-state index is 2.52. The van der Waals surface area contributed by atoms with E-state index in [-0.39, 0.29) is 0 Å². The summed E-state index contributed by atoms with van der Waals surface area (Å²) in [4.78, 5) is 0. The topological polar surface area (TPSA) is 0 Å². The molecule has 0 aliphatic rings. The van der Waals surface area contributed by atoms with Gasteiger partial charge >= 0.3 is 282 Å². The van der Waals surface area contributed by atoms with Gasteiger partial charge in [0.2, 0.25) is 0 Å². The SMILES string of the molecule is CCCCCc1cc[c]([Sn]([c]2ccc(CCCCC)cc2)([c]2ccc(CCCCC)cc2)[c]2ccc(CCCCC)cc2)cc1. The summed E-state index contributed by atoms with van der Waals surface area (Å²) in [5.41, 5.74) is 5.93. The van der Waals surface area contributed by atoms with Crippen molar-refractivity contribution >= 4 is 32.7 Å². The third kappa shape index (κ3) is 9.84. The zero-order valence-electron chi connectivity index (χ0n) is 29.1. The molecule has 0 fully saturated rings. The Bertz CT molecular complexity index is 1130. The van der Waals surface area contributed by atoms with Crippen molar-refractivity contribution < 1.29 is 0 Å². The average Bonchev–Trinajstić information content (AvgIpc) is 3.08. The van der Waals surface area contributed by atoms with Crippen LogP contribution in [0.5, 0.6) is 0 Å². The van der Waals surface area contributed by atoms with Crippen molar-refractivity contribution in [3.05, 3.63) is 119 Å². The van der Waals surface area contributed by atoms with Crippen molar-refractivity contribution in [1.29, 1.82) is 0 Å². The molecule has 1 heteroatoms. The zero-order valence-corrected chi connectivity index (χ0v) is 31.9. The van der Waals surface area contributed by atoms with Gasteiger partial charge in [-0.15, -0.1) is 0 Å². The number of rotatable bonds is 20. The molecule has 45 heavy (non-hydrogen) atoms. The Morgan fingerprint density at radius 1 is 0.289 bits per heavy atom. The Morgan fingerprint density at radius 3 is 0.667 bits per heavy atom. The van der Waals surface area contributed by atoms with Gasteiger partial charge in [0.1, 0.15) is 0 Å². The fraction of sp³-hybridized carbons (Fsp3) is 0.455. The van der Waals surface area contributed by atoms with E-state index in [1.54, 1.807) is 14.3 Å². The second-order valence-electron chi connectivity index (χ2n) is 13.4. The number of benzene rings is 4. The molecule has 0 radical (unpaired) electrons. The van der Waals surface area contributed by atoms with Gasteiger partial charge in [0, 0.05) is 0 Å². The molecular formula is C44H60Sn. The van der Waals surface area contributed by atoms with Gasteiger partial charge in [-0.25, -0.2) is 0 Å². The van der Waals surface area contributed by atoms with Crippen LogP contribution in [0.2, 0.25) is 0 Å². The molecule has 0 unspecified atom stereocenters. The maximum absolute atomic E-state index is 3.65. The molecule has 0 saturated heterocycles. The van der Waals surface area contributed by atoms with E-state index in [9.17, 15) is 0 Å². The molecule has 0 nitrogen and oxygen atoms in total. The number of unbranched alkanes of at least 4 members (excludes halogenated alkanes) is 8. The molecule has 0 atom stereocenters. The van der Waals surface area contributed by atoms with Crippen molar-refractivity contribution in [3.63, 3.8) is 0 Å². The van der Waals surface area contributed by atoms with Crippen LogP contribution >= 0.6 is 0 Å². The predicted molar refractivity (Wildman–Crippen MR) is 203 cm³/mol. The van der Waals surface area contributed by atoms with E-state index < -0.39 is 18.4 Å². The van der Waals surface area contributed by atoms with E-state index in [1.165, 1.54) is 125 Å². The molecule has 0 aliphatic heterocycles. The fourth-order valence-corrected chi connectivity index (χ4v) is 20.3. The Labute approximate surface area is 281 Å². The molecule has 4 aromatic carbocycles. The first-order valence-electron chi connectivity index (χ1n) is 18.5. The Hall–Kier alpha value is -2.32. The van der Waals surface area contributed by atoms with E-state index in [4.69, 9.17) is 0 Å². The summed E-state index contributed by atoms with van der Waals surface area (Å²) in [6.45, 7) is 9.19. The summed E-state index contributed by atoms with van der Waals surface area (Å²) in [6.07, 6.45) is 20.2. The standard InChI is InChI=1S/4C11H15.Sn/c4*1-2-3-5-8-11-9-6-4-7-10-11;/h4*6-7,9-10H,2-3,5,8H2,1H3;. The first-order chi connectivity index (χ1) is 22.1. The predicted octanol–water partition coefficient (Wildman–Crippen LogP) is 9.99. The molecule has 4 rings (SSSR count). The van der Waals surface area contributed by atoms with Crippen molar-refractivity contribution in [2.45, 2.75) is 130 Å². The van der Waals surface area contributed by atoms with Crippen LogP contribution in [0.1, 0.15) is 127 Å². The Balaban J connectivity index is 1.84. The Morgan fingerprint density at radius 2 is 0.489 bits per heavy atom. The van der Waals surface area contributed by atoms with Crippen molar-refractivity contribution in [2.75, 3.05) is 0 Å². The Kier molecular flexibility index (Phi) is 15.3. The second-order valence-corrected chi connectivity index (χ2v) is 24.2. The van der Waals surface area contributed by atoms with E-state index >= 15 is 0 Å². The minimum absolute atomic E-state index is 1.18. The van der Waals surface area contributed by atoms with Gasteiger partial charge in [-0.05, 0) is 0 Å². The van der Waals surface area contributed by atoms with E-state index in [2.05, 4.69) is 125 Å². The average molecular weight is 708 g/mol. The van der Waals surface area contributed by atoms with Crippen LogP contribution in [-0.2, 0) is 25.7 Å². The van der Waals surface area contributed by atoms with Gasteiger partial charge < -0.3 is 0 Å². The first-order valence-corrected chi connectivity index (χ1v) is 24.2. The minimum atomic E-state index is -3.65. The van der Waals surface area contributed by atoms with Gasteiger partial charge in [0.25, 0.3) is 0 Å². The van der Waals surface area contributed by atoms with E-state index in [0.29, 0.717) is 0 Å². The third-order valence-electron chi connectivity index (χ3n) is 9.82.